The number of rotatable bonds is 47. The second-order valence-corrected chi connectivity index (χ2v) is 18.7. The number of hydrogen-bond acceptors (Lipinski definition) is 7. The first-order chi connectivity index (χ1) is 33.1. The third kappa shape index (κ3) is 47.1. The van der Waals surface area contributed by atoms with Crippen molar-refractivity contribution in [3.05, 3.63) is 109 Å². The van der Waals surface area contributed by atoms with E-state index in [1.807, 2.05) is 0 Å². The molecule has 0 saturated carbocycles. The van der Waals surface area contributed by atoms with E-state index < -0.39 is 18.1 Å². The van der Waals surface area contributed by atoms with Gasteiger partial charge < -0.3 is 28.6 Å². The highest BCUT2D eigenvalue weighted by Gasteiger charge is 2.25. The van der Waals surface area contributed by atoms with Crippen LogP contribution >= 0.6 is 0 Å². The van der Waals surface area contributed by atoms with E-state index >= 15 is 0 Å². The Bertz CT molecular complexity index is 1470. The third-order valence-electron chi connectivity index (χ3n) is 11.4. The summed E-state index contributed by atoms with van der Waals surface area (Å²) in [5.41, 5.74) is 0. The topological polar surface area (TPSA) is 102 Å². The van der Waals surface area contributed by atoms with Gasteiger partial charge in [0.2, 0.25) is 0 Å². The van der Waals surface area contributed by atoms with Gasteiger partial charge in [0.05, 0.1) is 40.3 Å². The summed E-state index contributed by atoms with van der Waals surface area (Å²) in [6.45, 7) is 4.48. The van der Waals surface area contributed by atoms with Gasteiger partial charge >= 0.3 is 11.9 Å². The number of hydrogen-bond donors (Lipinski definition) is 0. The Hall–Kier alpha value is -4.01. The number of esters is 2. The van der Waals surface area contributed by atoms with Crippen molar-refractivity contribution in [2.75, 3.05) is 41.0 Å². The van der Waals surface area contributed by atoms with Crippen molar-refractivity contribution >= 4 is 17.9 Å². The van der Waals surface area contributed by atoms with E-state index in [0.29, 0.717) is 12.8 Å². The minimum absolute atomic E-state index is 0.0228. The van der Waals surface area contributed by atoms with E-state index in [2.05, 4.69) is 123 Å². The van der Waals surface area contributed by atoms with Gasteiger partial charge in [0.1, 0.15) is 12.6 Å². The molecule has 386 valence electrons. The van der Waals surface area contributed by atoms with Gasteiger partial charge in [-0.05, 0) is 103 Å². The number of unbranched alkanes of at least 4 members (excludes halogenated alkanes) is 15. The highest BCUT2D eigenvalue weighted by molar-refractivity contribution is 5.70. The van der Waals surface area contributed by atoms with Crippen molar-refractivity contribution in [3.8, 4) is 0 Å². The summed E-state index contributed by atoms with van der Waals surface area (Å²) in [6, 6.07) is -0.739. The Kier molecular flexibility index (Phi) is 46.5. The number of ether oxygens (including phenoxy) is 3. The first-order valence-electron chi connectivity index (χ1n) is 26.9. The number of allylic oxidation sites excluding steroid dienone is 18. The SMILES string of the molecule is CC/C=C/C/C=C/C/C=C/C/C=C/C/C=C/CCCCCCCCCC(=O)OC(COCCC(C(=O)[O-])[N+](C)(C)C)COC(=O)CCCCCCC/C=C/C/C=C/C/C=C/C/C=C/CCCCC. The van der Waals surface area contributed by atoms with Gasteiger partial charge in [-0.3, -0.25) is 9.59 Å². The molecular formula is C60H99NO7. The Balaban J connectivity index is 4.32. The predicted octanol–water partition coefficient (Wildman–Crippen LogP) is 14.6. The van der Waals surface area contributed by atoms with Gasteiger partial charge in [-0.2, -0.15) is 0 Å². The Labute approximate surface area is 417 Å². The van der Waals surface area contributed by atoms with E-state index in [4.69, 9.17) is 14.2 Å². The summed E-state index contributed by atoms with van der Waals surface area (Å²) in [5, 5.41) is 11.7. The maximum Gasteiger partial charge on any atom is 0.306 e. The van der Waals surface area contributed by atoms with Gasteiger partial charge in [-0.1, -0.05) is 187 Å². The van der Waals surface area contributed by atoms with E-state index in [1.165, 1.54) is 44.9 Å². The molecule has 0 amide bonds. The van der Waals surface area contributed by atoms with Gasteiger partial charge in [-0.15, -0.1) is 0 Å². The first kappa shape index (κ1) is 64.0. The molecule has 0 aliphatic rings. The van der Waals surface area contributed by atoms with Crippen LogP contribution in [-0.2, 0) is 28.6 Å². The number of carboxylic acid groups (broad SMARTS) is 1. The van der Waals surface area contributed by atoms with Gasteiger partial charge in [0, 0.05) is 19.3 Å². The molecule has 8 nitrogen and oxygen atoms in total. The number of carbonyl (C=O) groups is 3. The largest absolute Gasteiger partial charge is 0.544 e. The minimum Gasteiger partial charge on any atom is -0.544 e. The molecule has 0 rings (SSSR count). The van der Waals surface area contributed by atoms with Crippen LogP contribution in [-0.4, -0.2) is 75.5 Å². The Morgan fingerprint density at radius 2 is 0.824 bits per heavy atom. The Morgan fingerprint density at radius 1 is 0.456 bits per heavy atom. The molecule has 8 heteroatoms. The maximum absolute atomic E-state index is 12.8. The zero-order valence-electron chi connectivity index (χ0n) is 44.0. The lowest BCUT2D eigenvalue weighted by Gasteiger charge is -2.34. The molecule has 0 aromatic rings. The average molecular weight is 946 g/mol. The van der Waals surface area contributed by atoms with Crippen LogP contribution in [0.4, 0.5) is 0 Å². The van der Waals surface area contributed by atoms with Crippen LogP contribution in [0.5, 0.6) is 0 Å². The fourth-order valence-electron chi connectivity index (χ4n) is 7.26. The molecule has 0 spiro atoms. The summed E-state index contributed by atoms with van der Waals surface area (Å²) in [6.07, 6.45) is 68.3. The second-order valence-electron chi connectivity index (χ2n) is 18.7. The molecule has 0 aliphatic carbocycles. The fraction of sp³-hybridized carbons (Fsp3) is 0.650. The lowest BCUT2D eigenvalue weighted by molar-refractivity contribution is -0.889. The molecule has 0 bridgehead atoms. The molecule has 68 heavy (non-hydrogen) atoms. The minimum atomic E-state index is -1.13. The molecule has 2 atom stereocenters. The summed E-state index contributed by atoms with van der Waals surface area (Å²) in [4.78, 5) is 37.1. The summed E-state index contributed by atoms with van der Waals surface area (Å²) in [5.74, 6) is -1.78. The normalized spacial score (nSPS) is 13.7. The fourth-order valence-corrected chi connectivity index (χ4v) is 7.26. The van der Waals surface area contributed by atoms with Gasteiger partial charge in [0.25, 0.3) is 0 Å². The number of nitrogens with zero attached hydrogens (tertiary/aromatic N) is 1. The monoisotopic (exact) mass is 946 g/mol. The van der Waals surface area contributed by atoms with E-state index in [-0.39, 0.29) is 42.7 Å². The molecule has 0 heterocycles. The number of aliphatic carboxylic acids is 1. The third-order valence-corrected chi connectivity index (χ3v) is 11.4. The van der Waals surface area contributed by atoms with Crippen molar-refractivity contribution in [3.63, 3.8) is 0 Å². The van der Waals surface area contributed by atoms with Crippen molar-refractivity contribution in [1.29, 1.82) is 0 Å². The summed E-state index contributed by atoms with van der Waals surface area (Å²) >= 11 is 0. The molecule has 0 fully saturated rings. The standard InChI is InChI=1S/C60H99NO7/c1-6-8-10-12-14-16-18-20-22-24-26-28-29-31-33-35-37-39-41-43-45-47-49-51-59(63)68-56(54-66-53-52-57(60(64)65)61(3,4)5)55-67-58(62)50-48-46-44-42-40-38-36-34-32-30-27-25-23-21-19-17-15-13-11-9-7-2/h8,10,14-17,20-23,26-28,30-31,33-34,36,56-57H,6-7,9,11-13,18-19,24-25,29,32,35,37-55H2,1-5H3/b10-8+,16-14+,17-15+,22-20+,23-21+,28-26+,30-27+,33-31+,36-34+. The van der Waals surface area contributed by atoms with Crippen molar-refractivity contribution in [2.24, 2.45) is 0 Å². The smallest absolute Gasteiger partial charge is 0.306 e. The number of carboxylic acids is 1. The zero-order valence-corrected chi connectivity index (χ0v) is 44.0. The average Bonchev–Trinajstić information content (AvgIpc) is 3.30. The lowest BCUT2D eigenvalue weighted by atomic mass is 10.1. The van der Waals surface area contributed by atoms with Gasteiger partial charge in [0.15, 0.2) is 6.10 Å². The van der Waals surface area contributed by atoms with Crippen LogP contribution in [0.1, 0.15) is 200 Å². The summed E-state index contributed by atoms with van der Waals surface area (Å²) in [7, 11) is 5.40. The number of quaternary nitrogens is 1. The van der Waals surface area contributed by atoms with Crippen LogP contribution in [0.3, 0.4) is 0 Å². The van der Waals surface area contributed by atoms with Crippen LogP contribution in [0.15, 0.2) is 109 Å². The zero-order chi connectivity index (χ0) is 49.9. The van der Waals surface area contributed by atoms with Crippen molar-refractivity contribution in [2.45, 2.75) is 212 Å². The number of likely N-dealkylation sites (N-methyl/N-ethyl adjacent to an activating group) is 1. The lowest BCUT2D eigenvalue weighted by Crippen LogP contribution is -2.55. The van der Waals surface area contributed by atoms with Crippen molar-refractivity contribution < 1.29 is 38.2 Å². The second kappa shape index (κ2) is 49.4. The molecule has 0 saturated heterocycles. The molecule has 0 aromatic heterocycles. The Morgan fingerprint density at radius 3 is 1.22 bits per heavy atom. The van der Waals surface area contributed by atoms with Crippen LogP contribution in [0.25, 0.3) is 0 Å². The molecular weight excluding hydrogens is 847 g/mol. The molecule has 0 N–H and O–H groups in total. The quantitative estimate of drug-likeness (QED) is 0.0259. The molecule has 0 aliphatic heterocycles. The first-order valence-corrected chi connectivity index (χ1v) is 26.9. The van der Waals surface area contributed by atoms with E-state index in [1.54, 1.807) is 21.1 Å². The number of carbonyl (C=O) groups excluding carboxylic acids is 3. The van der Waals surface area contributed by atoms with E-state index in [9.17, 15) is 19.5 Å². The maximum atomic E-state index is 12.8. The van der Waals surface area contributed by atoms with E-state index in [0.717, 1.165) is 122 Å². The van der Waals surface area contributed by atoms with Crippen molar-refractivity contribution in [1.82, 2.24) is 0 Å². The van der Waals surface area contributed by atoms with Crippen LogP contribution in [0.2, 0.25) is 0 Å². The molecule has 2 unspecified atom stereocenters. The van der Waals surface area contributed by atoms with Crippen LogP contribution in [0, 0.1) is 0 Å². The molecule has 0 aromatic carbocycles. The predicted molar refractivity (Wildman–Crippen MR) is 286 cm³/mol. The highest BCUT2D eigenvalue weighted by Crippen LogP contribution is 2.14. The van der Waals surface area contributed by atoms with Gasteiger partial charge in [-0.25, -0.2) is 0 Å². The molecule has 0 radical (unpaired) electrons. The summed E-state index contributed by atoms with van der Waals surface area (Å²) < 4.78 is 17.2. The highest BCUT2D eigenvalue weighted by atomic mass is 16.6. The van der Waals surface area contributed by atoms with Crippen LogP contribution < -0.4 is 5.11 Å².